The van der Waals surface area contributed by atoms with E-state index in [0.717, 1.165) is 10.9 Å². The van der Waals surface area contributed by atoms with Crippen molar-refractivity contribution in [2.45, 2.75) is 13.0 Å². The Balaban J connectivity index is 2.51. The van der Waals surface area contributed by atoms with E-state index in [1.165, 1.54) is 5.39 Å². The van der Waals surface area contributed by atoms with Gasteiger partial charge in [-0.2, -0.15) is 0 Å². The highest BCUT2D eigenvalue weighted by molar-refractivity contribution is 5.82. The largest absolute Gasteiger partial charge is 0.377 e. The van der Waals surface area contributed by atoms with Crippen molar-refractivity contribution in [1.82, 2.24) is 0 Å². The third-order valence-electron chi connectivity index (χ3n) is 2.47. The third kappa shape index (κ3) is 1.64. The highest BCUT2D eigenvalue weighted by atomic mass is 16.5. The maximum atomic E-state index is 5.25. The van der Waals surface area contributed by atoms with Crippen LogP contribution in [0.1, 0.15) is 18.6 Å². The van der Waals surface area contributed by atoms with Crippen LogP contribution in [0.15, 0.2) is 36.4 Å². The van der Waals surface area contributed by atoms with Gasteiger partial charge in [-0.15, -0.1) is 0 Å². The number of hydrogen-bond donors (Lipinski definition) is 0. The minimum atomic E-state index is 0.111. The molecular weight excluding hydrogens is 172 g/mol. The monoisotopic (exact) mass is 185 g/mol. The molecule has 0 spiro atoms. The first kappa shape index (κ1) is 9.22. The highest BCUT2D eigenvalue weighted by Gasteiger charge is 2.03. The van der Waals surface area contributed by atoms with Crippen LogP contribution in [0.4, 0.5) is 0 Å². The molecule has 0 aromatic heterocycles. The second kappa shape index (κ2) is 3.81. The van der Waals surface area contributed by atoms with Crippen molar-refractivity contribution in [3.8, 4) is 0 Å². The van der Waals surface area contributed by atoms with Gasteiger partial charge in [-0.3, -0.25) is 0 Å². The van der Waals surface area contributed by atoms with Crippen molar-refractivity contribution in [3.05, 3.63) is 48.0 Å². The summed E-state index contributed by atoms with van der Waals surface area (Å²) in [6.07, 6.45) is 0.111. The van der Waals surface area contributed by atoms with Gasteiger partial charge in [0.25, 0.3) is 0 Å². The number of benzene rings is 2. The zero-order valence-corrected chi connectivity index (χ0v) is 8.45. The van der Waals surface area contributed by atoms with Gasteiger partial charge in [-0.05, 0) is 29.3 Å². The summed E-state index contributed by atoms with van der Waals surface area (Å²) in [5.74, 6) is 0. The lowest BCUT2D eigenvalue weighted by Crippen LogP contribution is -1.95. The predicted octanol–water partition coefficient (Wildman–Crippen LogP) is 3.35. The van der Waals surface area contributed by atoms with Crippen LogP contribution in [0.3, 0.4) is 0 Å². The van der Waals surface area contributed by atoms with Gasteiger partial charge >= 0.3 is 0 Å². The number of rotatable bonds is 2. The van der Waals surface area contributed by atoms with E-state index in [1.807, 2.05) is 19.1 Å². The van der Waals surface area contributed by atoms with Gasteiger partial charge in [0.15, 0.2) is 0 Å². The van der Waals surface area contributed by atoms with Crippen LogP contribution in [-0.4, -0.2) is 7.11 Å². The summed E-state index contributed by atoms with van der Waals surface area (Å²) in [5, 5.41) is 2.37. The van der Waals surface area contributed by atoms with Gasteiger partial charge in [0.1, 0.15) is 0 Å². The zero-order valence-electron chi connectivity index (χ0n) is 8.45. The highest BCUT2D eigenvalue weighted by Crippen LogP contribution is 2.20. The fourth-order valence-electron chi connectivity index (χ4n) is 1.50. The summed E-state index contributed by atoms with van der Waals surface area (Å²) in [4.78, 5) is 0. The summed E-state index contributed by atoms with van der Waals surface area (Å²) in [5.41, 5.74) is 1.10. The molecule has 0 aliphatic carbocycles. The standard InChI is InChI=1S/C13H13O/c1-10(14-2)12-8-7-11-5-3-4-6-13(11)9-12/h3-8,10H,1-2H3. The molecule has 1 heteroatoms. The van der Waals surface area contributed by atoms with Gasteiger partial charge in [0.05, 0.1) is 6.10 Å². The summed E-state index contributed by atoms with van der Waals surface area (Å²) < 4.78 is 5.25. The van der Waals surface area contributed by atoms with Crippen molar-refractivity contribution in [3.63, 3.8) is 0 Å². The van der Waals surface area contributed by atoms with Crippen molar-refractivity contribution in [2.24, 2.45) is 0 Å². The van der Waals surface area contributed by atoms with Crippen LogP contribution in [0.2, 0.25) is 0 Å². The second-order valence-corrected chi connectivity index (χ2v) is 3.38. The van der Waals surface area contributed by atoms with E-state index < -0.39 is 0 Å². The fourth-order valence-corrected chi connectivity index (χ4v) is 1.50. The Labute approximate surface area is 84.3 Å². The first-order valence-electron chi connectivity index (χ1n) is 4.75. The third-order valence-corrected chi connectivity index (χ3v) is 2.47. The van der Waals surface area contributed by atoms with Crippen LogP contribution in [0.5, 0.6) is 0 Å². The maximum Gasteiger partial charge on any atom is 0.0799 e. The minimum Gasteiger partial charge on any atom is -0.377 e. The van der Waals surface area contributed by atoms with E-state index in [0.29, 0.717) is 0 Å². The Kier molecular flexibility index (Phi) is 2.51. The molecule has 1 radical (unpaired) electrons. The Bertz CT molecular complexity index is 434. The molecule has 0 aliphatic rings. The topological polar surface area (TPSA) is 9.23 Å². The van der Waals surface area contributed by atoms with Gasteiger partial charge in [0, 0.05) is 7.11 Å². The van der Waals surface area contributed by atoms with E-state index in [1.54, 1.807) is 7.11 Å². The van der Waals surface area contributed by atoms with E-state index in [9.17, 15) is 0 Å². The van der Waals surface area contributed by atoms with Crippen LogP contribution in [-0.2, 0) is 4.74 Å². The van der Waals surface area contributed by atoms with Crippen LogP contribution in [0, 0.1) is 6.07 Å². The molecule has 0 saturated heterocycles. The second-order valence-electron chi connectivity index (χ2n) is 3.38. The Morgan fingerprint density at radius 1 is 1.14 bits per heavy atom. The Morgan fingerprint density at radius 2 is 1.93 bits per heavy atom. The van der Waals surface area contributed by atoms with Crippen molar-refractivity contribution >= 4 is 10.8 Å². The van der Waals surface area contributed by atoms with Crippen LogP contribution < -0.4 is 0 Å². The van der Waals surface area contributed by atoms with E-state index in [-0.39, 0.29) is 6.10 Å². The molecule has 71 valence electrons. The average Bonchev–Trinajstić information content (AvgIpc) is 2.27. The number of fused-ring (bicyclic) bond motifs is 1. The molecule has 0 heterocycles. The SMILES string of the molecule is COC(C)c1[c]c2ccccc2cc1. The van der Waals surface area contributed by atoms with Crippen LogP contribution in [0.25, 0.3) is 10.8 Å². The Hall–Kier alpha value is -1.34. The molecule has 2 rings (SSSR count). The zero-order chi connectivity index (χ0) is 9.97. The normalized spacial score (nSPS) is 13.0. The van der Waals surface area contributed by atoms with Crippen molar-refractivity contribution in [2.75, 3.05) is 7.11 Å². The quantitative estimate of drug-likeness (QED) is 0.697. The summed E-state index contributed by atoms with van der Waals surface area (Å²) in [6.45, 7) is 2.03. The fraction of sp³-hybridized carbons (Fsp3) is 0.231. The summed E-state index contributed by atoms with van der Waals surface area (Å²) in [6, 6.07) is 15.8. The van der Waals surface area contributed by atoms with E-state index in [4.69, 9.17) is 4.74 Å². The first-order chi connectivity index (χ1) is 6.81. The molecule has 0 bridgehead atoms. The Morgan fingerprint density at radius 3 is 2.71 bits per heavy atom. The molecule has 0 amide bonds. The van der Waals surface area contributed by atoms with Gasteiger partial charge < -0.3 is 4.74 Å². The maximum absolute atomic E-state index is 5.25. The molecule has 14 heavy (non-hydrogen) atoms. The number of hydrogen-bond acceptors (Lipinski definition) is 1. The van der Waals surface area contributed by atoms with Crippen molar-refractivity contribution in [1.29, 1.82) is 0 Å². The molecule has 0 saturated carbocycles. The lowest BCUT2D eigenvalue weighted by atomic mass is 10.0. The first-order valence-corrected chi connectivity index (χ1v) is 4.75. The molecule has 0 fully saturated rings. The van der Waals surface area contributed by atoms with E-state index in [2.05, 4.69) is 30.3 Å². The molecule has 0 aliphatic heterocycles. The molecule has 1 atom stereocenters. The van der Waals surface area contributed by atoms with Gasteiger partial charge in [0.2, 0.25) is 0 Å². The summed E-state index contributed by atoms with van der Waals surface area (Å²) >= 11 is 0. The number of ether oxygens (including phenoxy) is 1. The van der Waals surface area contributed by atoms with Crippen LogP contribution >= 0.6 is 0 Å². The molecule has 2 aromatic rings. The van der Waals surface area contributed by atoms with Crippen molar-refractivity contribution < 1.29 is 4.74 Å². The smallest absolute Gasteiger partial charge is 0.0799 e. The van der Waals surface area contributed by atoms with Gasteiger partial charge in [-0.25, -0.2) is 0 Å². The molecular formula is C13H13O. The lowest BCUT2D eigenvalue weighted by Gasteiger charge is -2.09. The predicted molar refractivity (Wildman–Crippen MR) is 58.2 cm³/mol. The molecule has 0 N–H and O–H groups in total. The molecule has 1 unspecified atom stereocenters. The number of methoxy groups -OCH3 is 1. The average molecular weight is 185 g/mol. The van der Waals surface area contributed by atoms with Gasteiger partial charge in [-0.1, -0.05) is 36.4 Å². The molecule has 2 aromatic carbocycles. The molecule has 1 nitrogen and oxygen atoms in total. The minimum absolute atomic E-state index is 0.111. The lowest BCUT2D eigenvalue weighted by molar-refractivity contribution is 0.119. The van der Waals surface area contributed by atoms with E-state index >= 15 is 0 Å². The summed E-state index contributed by atoms with van der Waals surface area (Å²) in [7, 11) is 1.72.